The predicted octanol–water partition coefficient (Wildman–Crippen LogP) is 2.42. The first-order valence-electron chi connectivity index (χ1n) is 6.49. The standard InChI is InChI=1S/C13H22N2O2S/c1-10-11(2)15(9-12-5-4-6-17-12)13(14-10)18-8-7-16-3/h12H,4-9H2,1-3H3/t12-/m1/s1. The lowest BCUT2D eigenvalue weighted by atomic mass is 10.2. The molecule has 1 aromatic heterocycles. The van der Waals surface area contributed by atoms with Gasteiger partial charge in [0.2, 0.25) is 0 Å². The normalized spacial score (nSPS) is 19.6. The molecule has 2 rings (SSSR count). The van der Waals surface area contributed by atoms with Crippen molar-refractivity contribution in [3.05, 3.63) is 11.4 Å². The van der Waals surface area contributed by atoms with Gasteiger partial charge in [-0.05, 0) is 26.7 Å². The highest BCUT2D eigenvalue weighted by Gasteiger charge is 2.20. The van der Waals surface area contributed by atoms with Gasteiger partial charge >= 0.3 is 0 Å². The van der Waals surface area contributed by atoms with E-state index in [4.69, 9.17) is 9.47 Å². The van der Waals surface area contributed by atoms with Gasteiger partial charge in [0.1, 0.15) is 0 Å². The largest absolute Gasteiger partial charge is 0.384 e. The van der Waals surface area contributed by atoms with E-state index < -0.39 is 0 Å². The minimum absolute atomic E-state index is 0.360. The fourth-order valence-electron chi connectivity index (χ4n) is 2.16. The van der Waals surface area contributed by atoms with Crippen LogP contribution in [-0.4, -0.2) is 41.7 Å². The van der Waals surface area contributed by atoms with Crippen LogP contribution in [0.1, 0.15) is 24.2 Å². The Bertz CT molecular complexity index is 387. The Labute approximate surface area is 113 Å². The third kappa shape index (κ3) is 3.28. The Kier molecular flexibility index (Phi) is 5.09. The first-order chi connectivity index (χ1) is 8.72. The van der Waals surface area contributed by atoms with Crippen molar-refractivity contribution in [3.8, 4) is 0 Å². The fourth-order valence-corrected chi connectivity index (χ4v) is 3.16. The highest BCUT2D eigenvalue weighted by Crippen LogP contribution is 2.24. The lowest BCUT2D eigenvalue weighted by Crippen LogP contribution is -2.16. The minimum Gasteiger partial charge on any atom is -0.384 e. The summed E-state index contributed by atoms with van der Waals surface area (Å²) >= 11 is 1.76. The number of hydrogen-bond acceptors (Lipinski definition) is 4. The van der Waals surface area contributed by atoms with Crippen LogP contribution in [-0.2, 0) is 16.0 Å². The Balaban J connectivity index is 2.05. The molecular weight excluding hydrogens is 248 g/mol. The molecule has 0 radical (unpaired) electrons. The second kappa shape index (κ2) is 6.59. The average molecular weight is 270 g/mol. The first-order valence-corrected chi connectivity index (χ1v) is 7.48. The second-order valence-electron chi connectivity index (χ2n) is 4.65. The van der Waals surface area contributed by atoms with Gasteiger partial charge in [-0.3, -0.25) is 0 Å². The van der Waals surface area contributed by atoms with E-state index in [1.807, 2.05) is 0 Å². The Morgan fingerprint density at radius 2 is 2.33 bits per heavy atom. The molecule has 18 heavy (non-hydrogen) atoms. The fraction of sp³-hybridized carbons (Fsp3) is 0.769. The molecular formula is C13H22N2O2S. The van der Waals surface area contributed by atoms with Gasteiger partial charge in [-0.25, -0.2) is 4.98 Å². The van der Waals surface area contributed by atoms with E-state index in [9.17, 15) is 0 Å². The predicted molar refractivity (Wildman–Crippen MR) is 73.3 cm³/mol. The minimum atomic E-state index is 0.360. The van der Waals surface area contributed by atoms with Crippen molar-refractivity contribution in [2.75, 3.05) is 26.1 Å². The zero-order valence-corrected chi connectivity index (χ0v) is 12.3. The number of aryl methyl sites for hydroxylation is 1. The summed E-state index contributed by atoms with van der Waals surface area (Å²) in [6, 6.07) is 0. The molecule has 0 amide bonds. The lowest BCUT2D eigenvalue weighted by molar-refractivity contribution is 0.0944. The number of rotatable bonds is 6. The van der Waals surface area contributed by atoms with Crippen LogP contribution >= 0.6 is 11.8 Å². The van der Waals surface area contributed by atoms with E-state index in [2.05, 4.69) is 23.4 Å². The topological polar surface area (TPSA) is 36.3 Å². The van der Waals surface area contributed by atoms with Gasteiger partial charge in [0, 0.05) is 25.2 Å². The smallest absolute Gasteiger partial charge is 0.168 e. The van der Waals surface area contributed by atoms with Crippen LogP contribution in [0.2, 0.25) is 0 Å². The zero-order chi connectivity index (χ0) is 13.0. The van der Waals surface area contributed by atoms with Crippen LogP contribution in [0, 0.1) is 13.8 Å². The van der Waals surface area contributed by atoms with E-state index in [-0.39, 0.29) is 0 Å². The summed E-state index contributed by atoms with van der Waals surface area (Å²) in [5.41, 5.74) is 2.37. The second-order valence-corrected chi connectivity index (χ2v) is 5.71. The van der Waals surface area contributed by atoms with Crippen LogP contribution < -0.4 is 0 Å². The lowest BCUT2D eigenvalue weighted by Gasteiger charge is -2.14. The molecule has 0 unspecified atom stereocenters. The number of nitrogens with zero attached hydrogens (tertiary/aromatic N) is 2. The molecule has 1 aliphatic heterocycles. The van der Waals surface area contributed by atoms with Crippen molar-refractivity contribution in [3.63, 3.8) is 0 Å². The number of hydrogen-bond donors (Lipinski definition) is 0. The molecule has 5 heteroatoms. The third-order valence-corrected chi connectivity index (χ3v) is 4.29. The average Bonchev–Trinajstić information content (AvgIpc) is 2.94. The molecule has 1 saturated heterocycles. The monoisotopic (exact) mass is 270 g/mol. The summed E-state index contributed by atoms with van der Waals surface area (Å²) in [4.78, 5) is 4.64. The number of methoxy groups -OCH3 is 1. The van der Waals surface area contributed by atoms with Gasteiger partial charge in [0.15, 0.2) is 5.16 Å². The number of imidazole rings is 1. The molecule has 1 aliphatic rings. The molecule has 0 spiro atoms. The zero-order valence-electron chi connectivity index (χ0n) is 11.4. The molecule has 2 heterocycles. The molecule has 102 valence electrons. The third-order valence-electron chi connectivity index (χ3n) is 3.35. The quantitative estimate of drug-likeness (QED) is 0.587. The van der Waals surface area contributed by atoms with Gasteiger partial charge in [0.25, 0.3) is 0 Å². The van der Waals surface area contributed by atoms with Crippen LogP contribution in [0.25, 0.3) is 0 Å². The number of aromatic nitrogens is 2. The molecule has 1 fully saturated rings. The molecule has 4 nitrogen and oxygen atoms in total. The van der Waals surface area contributed by atoms with E-state index in [1.165, 1.54) is 18.5 Å². The van der Waals surface area contributed by atoms with E-state index in [0.717, 1.165) is 36.4 Å². The summed E-state index contributed by atoms with van der Waals surface area (Å²) in [5.74, 6) is 0.942. The summed E-state index contributed by atoms with van der Waals surface area (Å²) in [6.07, 6.45) is 2.71. The van der Waals surface area contributed by atoms with Crippen LogP contribution in [0.5, 0.6) is 0 Å². The van der Waals surface area contributed by atoms with Crippen molar-refractivity contribution in [1.82, 2.24) is 9.55 Å². The van der Waals surface area contributed by atoms with E-state index >= 15 is 0 Å². The molecule has 0 aliphatic carbocycles. The van der Waals surface area contributed by atoms with E-state index in [1.54, 1.807) is 18.9 Å². The van der Waals surface area contributed by atoms with Crippen LogP contribution in [0.3, 0.4) is 0 Å². The molecule has 0 N–H and O–H groups in total. The maximum Gasteiger partial charge on any atom is 0.168 e. The van der Waals surface area contributed by atoms with Crippen molar-refractivity contribution in [1.29, 1.82) is 0 Å². The van der Waals surface area contributed by atoms with Crippen LogP contribution in [0.4, 0.5) is 0 Å². The molecule has 0 saturated carbocycles. The Hall–Kier alpha value is -0.520. The van der Waals surface area contributed by atoms with Gasteiger partial charge < -0.3 is 14.0 Å². The molecule has 1 atom stereocenters. The van der Waals surface area contributed by atoms with Crippen molar-refractivity contribution < 1.29 is 9.47 Å². The number of ether oxygens (including phenoxy) is 2. The highest BCUT2D eigenvalue weighted by molar-refractivity contribution is 7.99. The van der Waals surface area contributed by atoms with Crippen molar-refractivity contribution >= 4 is 11.8 Å². The molecule has 0 aromatic carbocycles. The van der Waals surface area contributed by atoms with Gasteiger partial charge in [-0.15, -0.1) is 0 Å². The SMILES string of the molecule is COCCSc1nc(C)c(C)n1C[C@H]1CCCO1. The molecule has 0 bridgehead atoms. The van der Waals surface area contributed by atoms with E-state index in [0.29, 0.717) is 6.10 Å². The van der Waals surface area contributed by atoms with Gasteiger partial charge in [-0.2, -0.15) is 0 Å². The summed E-state index contributed by atoms with van der Waals surface area (Å²) < 4.78 is 13.1. The van der Waals surface area contributed by atoms with Crippen molar-refractivity contribution in [2.24, 2.45) is 0 Å². The van der Waals surface area contributed by atoms with Gasteiger partial charge in [0.05, 0.1) is 24.9 Å². The molecule has 1 aromatic rings. The Morgan fingerprint density at radius 3 is 3.00 bits per heavy atom. The summed E-state index contributed by atoms with van der Waals surface area (Å²) in [6.45, 7) is 6.81. The number of thioether (sulfide) groups is 1. The summed E-state index contributed by atoms with van der Waals surface area (Å²) in [7, 11) is 1.73. The maximum atomic E-state index is 5.72. The van der Waals surface area contributed by atoms with Gasteiger partial charge in [-0.1, -0.05) is 11.8 Å². The Morgan fingerprint density at radius 1 is 1.50 bits per heavy atom. The summed E-state index contributed by atoms with van der Waals surface area (Å²) in [5, 5.41) is 1.09. The highest BCUT2D eigenvalue weighted by atomic mass is 32.2. The van der Waals surface area contributed by atoms with Crippen LogP contribution in [0.15, 0.2) is 5.16 Å². The van der Waals surface area contributed by atoms with Crippen molar-refractivity contribution in [2.45, 2.75) is 44.5 Å². The maximum absolute atomic E-state index is 5.72. The first kappa shape index (κ1) is 13.9.